The van der Waals surface area contributed by atoms with Crippen molar-refractivity contribution in [3.63, 3.8) is 0 Å². The van der Waals surface area contributed by atoms with Crippen molar-refractivity contribution in [1.29, 1.82) is 0 Å². The molecule has 0 radical (unpaired) electrons. The fourth-order valence-corrected chi connectivity index (χ4v) is 4.54. The molecule has 1 saturated heterocycles. The molecule has 3 heterocycles. The second-order valence-electron chi connectivity index (χ2n) is 8.31. The maximum atomic E-state index is 5.46. The third-order valence-corrected chi connectivity index (χ3v) is 6.28. The summed E-state index contributed by atoms with van der Waals surface area (Å²) in [5.74, 6) is 1.57. The molecule has 1 N–H and O–H groups in total. The van der Waals surface area contributed by atoms with Crippen LogP contribution in [-0.4, -0.2) is 47.8 Å². The Balaban J connectivity index is 1.41. The van der Waals surface area contributed by atoms with E-state index in [0.29, 0.717) is 0 Å². The number of fused-ring (bicyclic) bond motifs is 1. The van der Waals surface area contributed by atoms with Gasteiger partial charge in [0.15, 0.2) is 5.82 Å². The predicted molar refractivity (Wildman–Crippen MR) is 121 cm³/mol. The Morgan fingerprint density at radius 1 is 0.967 bits per heavy atom. The summed E-state index contributed by atoms with van der Waals surface area (Å²) in [6, 6.07) is 10.7. The van der Waals surface area contributed by atoms with Crippen LogP contribution in [0.5, 0.6) is 0 Å². The smallest absolute Gasteiger partial charge is 0.154 e. The van der Waals surface area contributed by atoms with Gasteiger partial charge in [-0.3, -0.25) is 4.98 Å². The van der Waals surface area contributed by atoms with Crippen LogP contribution in [0.15, 0.2) is 42.7 Å². The normalized spacial score (nSPS) is 17.9. The standard InChI is InChI=1S/C24H29N5O/c1-2-4-18(5-3-1)17-27-24-23-22(25-10-11-26-23)16-21(28-24)19-6-8-20(9-7-19)29-12-14-30-15-13-29/h6-11,16,18H,1-5,12-15,17H2,(H,27,28). The molecule has 2 fully saturated rings. The van der Waals surface area contributed by atoms with Crippen molar-refractivity contribution in [3.8, 4) is 11.3 Å². The van der Waals surface area contributed by atoms with Crippen molar-refractivity contribution < 1.29 is 4.74 Å². The molecule has 1 aromatic carbocycles. The second kappa shape index (κ2) is 8.96. The Labute approximate surface area is 177 Å². The van der Waals surface area contributed by atoms with E-state index in [1.165, 1.54) is 37.8 Å². The molecular formula is C24H29N5O. The molecule has 1 saturated carbocycles. The monoisotopic (exact) mass is 403 g/mol. The molecule has 0 unspecified atom stereocenters. The number of ether oxygens (including phenoxy) is 1. The van der Waals surface area contributed by atoms with Crippen molar-refractivity contribution in [2.45, 2.75) is 32.1 Å². The minimum absolute atomic E-state index is 0.726. The van der Waals surface area contributed by atoms with Crippen molar-refractivity contribution in [1.82, 2.24) is 15.0 Å². The molecule has 1 aliphatic heterocycles. The van der Waals surface area contributed by atoms with Gasteiger partial charge in [-0.25, -0.2) is 9.97 Å². The van der Waals surface area contributed by atoms with E-state index in [1.807, 2.05) is 6.07 Å². The first-order valence-corrected chi connectivity index (χ1v) is 11.2. The summed E-state index contributed by atoms with van der Waals surface area (Å²) in [7, 11) is 0. The van der Waals surface area contributed by atoms with Crippen molar-refractivity contribution in [2.75, 3.05) is 43.1 Å². The van der Waals surface area contributed by atoms with E-state index >= 15 is 0 Å². The number of rotatable bonds is 5. The van der Waals surface area contributed by atoms with Crippen LogP contribution in [0, 0.1) is 5.92 Å². The van der Waals surface area contributed by atoms with Gasteiger partial charge in [0.1, 0.15) is 5.52 Å². The molecule has 2 aliphatic rings. The lowest BCUT2D eigenvalue weighted by Crippen LogP contribution is -2.36. The highest BCUT2D eigenvalue weighted by Gasteiger charge is 2.16. The fraction of sp³-hybridized carbons (Fsp3) is 0.458. The van der Waals surface area contributed by atoms with Gasteiger partial charge < -0.3 is 15.0 Å². The molecular weight excluding hydrogens is 374 g/mol. The summed E-state index contributed by atoms with van der Waals surface area (Å²) in [6.07, 6.45) is 10.2. The van der Waals surface area contributed by atoms with Gasteiger partial charge in [0.2, 0.25) is 0 Å². The number of nitrogens with one attached hydrogen (secondary N) is 1. The van der Waals surface area contributed by atoms with Gasteiger partial charge in [-0.15, -0.1) is 0 Å². The number of benzene rings is 1. The minimum Gasteiger partial charge on any atom is -0.378 e. The third-order valence-electron chi connectivity index (χ3n) is 6.28. The van der Waals surface area contributed by atoms with Crippen LogP contribution in [0.1, 0.15) is 32.1 Å². The van der Waals surface area contributed by atoms with E-state index in [9.17, 15) is 0 Å². The van der Waals surface area contributed by atoms with E-state index in [2.05, 4.69) is 44.5 Å². The molecule has 2 aromatic heterocycles. The number of morpholine rings is 1. The van der Waals surface area contributed by atoms with Crippen LogP contribution >= 0.6 is 0 Å². The van der Waals surface area contributed by atoms with E-state index in [0.717, 1.165) is 66.9 Å². The Morgan fingerprint density at radius 3 is 2.53 bits per heavy atom. The Hall–Kier alpha value is -2.73. The van der Waals surface area contributed by atoms with E-state index in [1.54, 1.807) is 12.4 Å². The molecule has 0 spiro atoms. The fourth-order valence-electron chi connectivity index (χ4n) is 4.54. The van der Waals surface area contributed by atoms with Crippen LogP contribution in [0.3, 0.4) is 0 Å². The number of nitrogens with zero attached hydrogens (tertiary/aromatic N) is 4. The van der Waals surface area contributed by atoms with Crippen molar-refractivity contribution >= 4 is 22.5 Å². The summed E-state index contributed by atoms with van der Waals surface area (Å²) < 4.78 is 5.46. The highest BCUT2D eigenvalue weighted by molar-refractivity contribution is 5.88. The molecule has 1 aliphatic carbocycles. The highest BCUT2D eigenvalue weighted by Crippen LogP contribution is 2.29. The lowest BCUT2D eigenvalue weighted by molar-refractivity contribution is 0.122. The molecule has 6 heteroatoms. The zero-order chi connectivity index (χ0) is 20.2. The molecule has 0 amide bonds. The molecule has 156 valence electrons. The summed E-state index contributed by atoms with van der Waals surface area (Å²) in [4.78, 5) is 16.4. The van der Waals surface area contributed by atoms with Gasteiger partial charge in [0.05, 0.1) is 24.4 Å². The van der Waals surface area contributed by atoms with Crippen LogP contribution in [0.2, 0.25) is 0 Å². The van der Waals surface area contributed by atoms with Crippen LogP contribution in [-0.2, 0) is 4.74 Å². The highest BCUT2D eigenvalue weighted by atomic mass is 16.5. The quantitative estimate of drug-likeness (QED) is 0.676. The first-order chi connectivity index (χ1) is 14.9. The largest absolute Gasteiger partial charge is 0.378 e. The lowest BCUT2D eigenvalue weighted by atomic mass is 9.89. The van der Waals surface area contributed by atoms with Crippen LogP contribution in [0.25, 0.3) is 22.3 Å². The van der Waals surface area contributed by atoms with Gasteiger partial charge in [0, 0.05) is 43.3 Å². The predicted octanol–water partition coefficient (Wildman–Crippen LogP) is 4.52. The summed E-state index contributed by atoms with van der Waals surface area (Å²) in [5, 5.41) is 3.59. The number of pyridine rings is 1. The minimum atomic E-state index is 0.726. The Bertz CT molecular complexity index is 979. The third kappa shape index (κ3) is 4.24. The van der Waals surface area contributed by atoms with Gasteiger partial charge >= 0.3 is 0 Å². The Kier molecular flexibility index (Phi) is 5.75. The zero-order valence-corrected chi connectivity index (χ0v) is 17.4. The van der Waals surface area contributed by atoms with Gasteiger partial charge in [-0.1, -0.05) is 31.4 Å². The maximum Gasteiger partial charge on any atom is 0.154 e. The van der Waals surface area contributed by atoms with E-state index < -0.39 is 0 Å². The maximum absolute atomic E-state index is 5.46. The molecule has 0 bridgehead atoms. The van der Waals surface area contributed by atoms with Gasteiger partial charge in [-0.2, -0.15) is 0 Å². The number of hydrogen-bond donors (Lipinski definition) is 1. The summed E-state index contributed by atoms with van der Waals surface area (Å²) in [5.41, 5.74) is 4.99. The van der Waals surface area contributed by atoms with E-state index in [4.69, 9.17) is 9.72 Å². The summed E-state index contributed by atoms with van der Waals surface area (Å²) in [6.45, 7) is 4.43. The first-order valence-electron chi connectivity index (χ1n) is 11.2. The van der Waals surface area contributed by atoms with Gasteiger partial charge in [-0.05, 0) is 37.0 Å². The van der Waals surface area contributed by atoms with E-state index in [-0.39, 0.29) is 0 Å². The van der Waals surface area contributed by atoms with Crippen molar-refractivity contribution in [2.24, 2.45) is 5.92 Å². The summed E-state index contributed by atoms with van der Waals surface area (Å²) >= 11 is 0. The molecule has 30 heavy (non-hydrogen) atoms. The van der Waals surface area contributed by atoms with Crippen LogP contribution < -0.4 is 10.2 Å². The molecule has 5 rings (SSSR count). The Morgan fingerprint density at radius 2 is 1.73 bits per heavy atom. The SMILES string of the molecule is c1cnc2c(NCC3CCCCC3)nc(-c3ccc(N4CCOCC4)cc3)cc2n1. The molecule has 3 aromatic rings. The average molecular weight is 404 g/mol. The average Bonchev–Trinajstić information content (AvgIpc) is 2.84. The second-order valence-corrected chi connectivity index (χ2v) is 8.31. The zero-order valence-electron chi connectivity index (χ0n) is 17.4. The number of anilines is 2. The number of hydrogen-bond acceptors (Lipinski definition) is 6. The first kappa shape index (κ1) is 19.2. The lowest BCUT2D eigenvalue weighted by Gasteiger charge is -2.28. The molecule has 6 nitrogen and oxygen atoms in total. The number of aromatic nitrogens is 3. The topological polar surface area (TPSA) is 63.2 Å². The van der Waals surface area contributed by atoms with Gasteiger partial charge in [0.25, 0.3) is 0 Å². The van der Waals surface area contributed by atoms with Crippen LogP contribution in [0.4, 0.5) is 11.5 Å². The molecule has 0 atom stereocenters. The van der Waals surface area contributed by atoms with Crippen molar-refractivity contribution in [3.05, 3.63) is 42.7 Å².